The van der Waals surface area contributed by atoms with E-state index in [-0.39, 0.29) is 22.8 Å². The van der Waals surface area contributed by atoms with Crippen molar-refractivity contribution >= 4 is 5.91 Å². The lowest BCUT2D eigenvalue weighted by molar-refractivity contribution is 0.0930. The standard InChI is InChI=1S/C16H14N6O3/c1-9(20-16(25)14-12(23)3-2-5-18-14)15-21-11(7-13(24)22-15)10-4-6-17-8-19-10/h2-9,23H,1H3,(H,20,25)(H,21,22,24). The average molecular weight is 338 g/mol. The van der Waals surface area contributed by atoms with E-state index in [0.29, 0.717) is 11.4 Å². The van der Waals surface area contributed by atoms with Gasteiger partial charge < -0.3 is 15.4 Å². The van der Waals surface area contributed by atoms with E-state index in [1.165, 1.54) is 30.7 Å². The predicted molar refractivity (Wildman–Crippen MR) is 87.7 cm³/mol. The van der Waals surface area contributed by atoms with Crippen molar-refractivity contribution < 1.29 is 9.90 Å². The topological polar surface area (TPSA) is 134 Å². The van der Waals surface area contributed by atoms with Crippen LogP contribution in [0.25, 0.3) is 11.4 Å². The summed E-state index contributed by atoms with van der Waals surface area (Å²) in [5.74, 6) is -0.561. The van der Waals surface area contributed by atoms with Crippen molar-refractivity contribution in [2.45, 2.75) is 13.0 Å². The number of aromatic nitrogens is 5. The fourth-order valence-electron chi connectivity index (χ4n) is 2.16. The van der Waals surface area contributed by atoms with Gasteiger partial charge in [-0.25, -0.2) is 19.9 Å². The lowest BCUT2D eigenvalue weighted by atomic mass is 10.2. The van der Waals surface area contributed by atoms with Gasteiger partial charge in [-0.2, -0.15) is 0 Å². The van der Waals surface area contributed by atoms with Crippen LogP contribution >= 0.6 is 0 Å². The van der Waals surface area contributed by atoms with E-state index < -0.39 is 11.9 Å². The Morgan fingerprint density at radius 2 is 2.08 bits per heavy atom. The summed E-state index contributed by atoms with van der Waals surface area (Å²) in [4.78, 5) is 42.7. The van der Waals surface area contributed by atoms with Gasteiger partial charge in [-0.05, 0) is 25.1 Å². The zero-order chi connectivity index (χ0) is 17.8. The van der Waals surface area contributed by atoms with E-state index in [0.717, 1.165) is 0 Å². The molecule has 0 fully saturated rings. The first-order valence-corrected chi connectivity index (χ1v) is 7.37. The van der Waals surface area contributed by atoms with Crippen LogP contribution in [-0.4, -0.2) is 35.9 Å². The molecule has 0 aliphatic heterocycles. The van der Waals surface area contributed by atoms with E-state index in [1.807, 2.05) is 0 Å². The van der Waals surface area contributed by atoms with Gasteiger partial charge in [0.15, 0.2) is 5.69 Å². The summed E-state index contributed by atoms with van der Waals surface area (Å²) in [5, 5.41) is 12.3. The lowest BCUT2D eigenvalue weighted by Gasteiger charge is -2.14. The van der Waals surface area contributed by atoms with Crippen LogP contribution in [0.5, 0.6) is 5.75 Å². The molecule has 0 aliphatic carbocycles. The van der Waals surface area contributed by atoms with Crippen molar-refractivity contribution in [1.82, 2.24) is 30.2 Å². The third-order valence-corrected chi connectivity index (χ3v) is 3.36. The molecule has 3 heterocycles. The quantitative estimate of drug-likeness (QED) is 0.641. The molecule has 0 radical (unpaired) electrons. The molecule has 25 heavy (non-hydrogen) atoms. The number of H-pyrrole nitrogens is 1. The Bertz CT molecular complexity index is 957. The summed E-state index contributed by atoms with van der Waals surface area (Å²) in [5.41, 5.74) is 0.371. The Hall–Kier alpha value is -3.62. The van der Waals surface area contributed by atoms with E-state index in [2.05, 4.69) is 30.2 Å². The normalized spacial score (nSPS) is 11.7. The van der Waals surface area contributed by atoms with Crippen molar-refractivity contribution in [2.24, 2.45) is 0 Å². The van der Waals surface area contributed by atoms with Gasteiger partial charge in [0.05, 0.1) is 17.4 Å². The van der Waals surface area contributed by atoms with Gasteiger partial charge in [0.1, 0.15) is 17.9 Å². The molecule has 0 saturated heterocycles. The van der Waals surface area contributed by atoms with E-state index in [4.69, 9.17) is 0 Å². The number of nitrogens with one attached hydrogen (secondary N) is 2. The second-order valence-electron chi connectivity index (χ2n) is 5.18. The molecule has 0 aliphatic rings. The Kier molecular flexibility index (Phi) is 4.46. The molecule has 0 bridgehead atoms. The van der Waals surface area contributed by atoms with Crippen molar-refractivity contribution in [2.75, 3.05) is 0 Å². The molecule has 126 valence electrons. The van der Waals surface area contributed by atoms with Crippen LogP contribution in [0.4, 0.5) is 0 Å². The van der Waals surface area contributed by atoms with Gasteiger partial charge in [-0.3, -0.25) is 9.59 Å². The molecule has 1 unspecified atom stereocenters. The van der Waals surface area contributed by atoms with Crippen LogP contribution in [0.1, 0.15) is 29.3 Å². The Balaban J connectivity index is 1.86. The van der Waals surface area contributed by atoms with Crippen molar-refractivity contribution in [3.05, 3.63) is 64.9 Å². The molecule has 0 aromatic carbocycles. The van der Waals surface area contributed by atoms with Crippen LogP contribution in [-0.2, 0) is 0 Å². The molecule has 0 saturated carbocycles. The number of hydrogen-bond donors (Lipinski definition) is 3. The molecular weight excluding hydrogens is 324 g/mol. The van der Waals surface area contributed by atoms with Gasteiger partial charge >= 0.3 is 0 Å². The summed E-state index contributed by atoms with van der Waals surface area (Å²) in [6, 6.07) is 5.19. The van der Waals surface area contributed by atoms with Crippen LogP contribution in [0, 0.1) is 0 Å². The number of carbonyl (C=O) groups excluding carboxylic acids is 1. The number of rotatable bonds is 4. The number of aromatic hydroxyl groups is 1. The summed E-state index contributed by atoms with van der Waals surface area (Å²) in [6.07, 6.45) is 4.29. The van der Waals surface area contributed by atoms with Crippen molar-refractivity contribution in [3.8, 4) is 17.1 Å². The number of aromatic amines is 1. The van der Waals surface area contributed by atoms with Gasteiger partial charge in [0.2, 0.25) is 0 Å². The van der Waals surface area contributed by atoms with Crippen LogP contribution in [0.3, 0.4) is 0 Å². The summed E-state index contributed by atoms with van der Waals surface area (Å²) in [6.45, 7) is 1.65. The molecule has 9 nitrogen and oxygen atoms in total. The average Bonchev–Trinajstić information content (AvgIpc) is 2.62. The Morgan fingerprint density at radius 1 is 1.24 bits per heavy atom. The highest BCUT2D eigenvalue weighted by atomic mass is 16.3. The maximum Gasteiger partial charge on any atom is 0.274 e. The number of amides is 1. The lowest BCUT2D eigenvalue weighted by Crippen LogP contribution is -2.30. The van der Waals surface area contributed by atoms with E-state index in [1.54, 1.807) is 19.2 Å². The summed E-state index contributed by atoms with van der Waals surface area (Å²) < 4.78 is 0. The van der Waals surface area contributed by atoms with Crippen LogP contribution < -0.4 is 10.9 Å². The SMILES string of the molecule is CC(NC(=O)c1ncccc1O)c1nc(-c2ccncn2)cc(=O)[nH]1. The zero-order valence-corrected chi connectivity index (χ0v) is 13.2. The molecule has 3 aromatic rings. The minimum Gasteiger partial charge on any atom is -0.505 e. The molecule has 3 rings (SSSR count). The Labute approximate surface area is 141 Å². The molecule has 3 N–H and O–H groups in total. The van der Waals surface area contributed by atoms with Gasteiger partial charge in [-0.1, -0.05) is 0 Å². The maximum absolute atomic E-state index is 12.2. The second-order valence-corrected chi connectivity index (χ2v) is 5.18. The maximum atomic E-state index is 12.2. The molecular formula is C16H14N6O3. The molecule has 1 amide bonds. The van der Waals surface area contributed by atoms with Crippen LogP contribution in [0.2, 0.25) is 0 Å². The fourth-order valence-corrected chi connectivity index (χ4v) is 2.16. The molecule has 9 heteroatoms. The molecule has 1 atom stereocenters. The second kappa shape index (κ2) is 6.87. The van der Waals surface area contributed by atoms with Gasteiger partial charge in [-0.15, -0.1) is 0 Å². The van der Waals surface area contributed by atoms with E-state index in [9.17, 15) is 14.7 Å². The first-order valence-electron chi connectivity index (χ1n) is 7.37. The Morgan fingerprint density at radius 3 is 2.80 bits per heavy atom. The number of carbonyl (C=O) groups is 1. The first-order chi connectivity index (χ1) is 12.0. The minimum atomic E-state index is -0.622. The summed E-state index contributed by atoms with van der Waals surface area (Å²) >= 11 is 0. The van der Waals surface area contributed by atoms with Crippen LogP contribution in [0.15, 0.2) is 47.8 Å². The monoisotopic (exact) mass is 338 g/mol. The third-order valence-electron chi connectivity index (χ3n) is 3.36. The number of hydrogen-bond acceptors (Lipinski definition) is 7. The predicted octanol–water partition coefficient (Wildman–Crippen LogP) is 0.819. The highest BCUT2D eigenvalue weighted by molar-refractivity contribution is 5.94. The van der Waals surface area contributed by atoms with E-state index >= 15 is 0 Å². The minimum absolute atomic E-state index is 0.108. The smallest absolute Gasteiger partial charge is 0.274 e. The van der Waals surface area contributed by atoms with Gasteiger partial charge in [0, 0.05) is 18.5 Å². The molecule has 0 spiro atoms. The van der Waals surface area contributed by atoms with Crippen molar-refractivity contribution in [1.29, 1.82) is 0 Å². The highest BCUT2D eigenvalue weighted by Gasteiger charge is 2.18. The zero-order valence-electron chi connectivity index (χ0n) is 13.2. The first kappa shape index (κ1) is 16.2. The van der Waals surface area contributed by atoms with Crippen molar-refractivity contribution in [3.63, 3.8) is 0 Å². The highest BCUT2D eigenvalue weighted by Crippen LogP contribution is 2.16. The molecule has 3 aromatic heterocycles. The fraction of sp³-hybridized carbons (Fsp3) is 0.125. The number of nitrogens with zero attached hydrogens (tertiary/aromatic N) is 4. The number of pyridine rings is 1. The largest absolute Gasteiger partial charge is 0.505 e. The third kappa shape index (κ3) is 3.66. The van der Waals surface area contributed by atoms with Gasteiger partial charge in [0.25, 0.3) is 11.5 Å². The summed E-state index contributed by atoms with van der Waals surface area (Å²) in [7, 11) is 0.